The Balaban J connectivity index is 1.96. The molecular formula is C23H27NO3. The van der Waals surface area contributed by atoms with Crippen LogP contribution in [-0.4, -0.2) is 17.0 Å². The molecule has 3 rings (SSSR count). The second kappa shape index (κ2) is 8.87. The number of hydrogen-bond donors (Lipinski definition) is 0. The summed E-state index contributed by atoms with van der Waals surface area (Å²) in [5, 5.41) is 0. The van der Waals surface area contributed by atoms with Gasteiger partial charge in [0.15, 0.2) is 0 Å². The predicted octanol–water partition coefficient (Wildman–Crippen LogP) is 5.48. The van der Waals surface area contributed by atoms with Crippen LogP contribution >= 0.6 is 0 Å². The minimum Gasteiger partial charge on any atom is -0.462 e. The number of hydrogen-bond acceptors (Lipinski definition) is 3. The van der Waals surface area contributed by atoms with E-state index in [1.54, 1.807) is 0 Å². The summed E-state index contributed by atoms with van der Waals surface area (Å²) in [6, 6.07) is 16.0. The molecule has 0 bridgehead atoms. The van der Waals surface area contributed by atoms with Gasteiger partial charge in [0.2, 0.25) is 0 Å². The lowest BCUT2D eigenvalue weighted by molar-refractivity contribution is 0.0329. The zero-order chi connectivity index (χ0) is 19.2. The van der Waals surface area contributed by atoms with Crippen molar-refractivity contribution in [1.29, 1.82) is 0 Å². The van der Waals surface area contributed by atoms with Gasteiger partial charge in [0.05, 0.1) is 30.6 Å². The number of ether oxygens (including phenoxy) is 2. The van der Waals surface area contributed by atoms with E-state index in [0.717, 1.165) is 35.2 Å². The second-order valence-electron chi connectivity index (χ2n) is 6.70. The molecule has 4 nitrogen and oxygen atoms in total. The lowest BCUT2D eigenvalue weighted by Crippen LogP contribution is -2.15. The number of carbonyl (C=O) groups excluding carboxylic acids is 1. The molecule has 4 heteroatoms. The summed E-state index contributed by atoms with van der Waals surface area (Å²) in [6.07, 6.45) is 3.53. The Bertz CT molecular complexity index is 899. The molecule has 0 N–H and O–H groups in total. The van der Waals surface area contributed by atoms with Gasteiger partial charge in [0, 0.05) is 11.7 Å². The van der Waals surface area contributed by atoms with Crippen molar-refractivity contribution in [1.82, 2.24) is 4.40 Å². The van der Waals surface area contributed by atoms with Crippen molar-refractivity contribution in [3.63, 3.8) is 0 Å². The van der Waals surface area contributed by atoms with Gasteiger partial charge in [-0.05, 0) is 49.1 Å². The maximum absolute atomic E-state index is 12.6. The quantitative estimate of drug-likeness (QED) is 0.496. The fraction of sp³-hybridized carbons (Fsp3) is 0.348. The Kier molecular flexibility index (Phi) is 6.30. The summed E-state index contributed by atoms with van der Waals surface area (Å²) in [4.78, 5) is 12.6. The number of pyridine rings is 1. The molecule has 27 heavy (non-hydrogen) atoms. The van der Waals surface area contributed by atoms with Gasteiger partial charge < -0.3 is 13.9 Å². The molecule has 142 valence electrons. The normalized spacial score (nSPS) is 12.3. The van der Waals surface area contributed by atoms with Crippen LogP contribution in [0.25, 0.3) is 5.52 Å². The van der Waals surface area contributed by atoms with Gasteiger partial charge in [-0.3, -0.25) is 0 Å². The number of aromatic nitrogens is 1. The zero-order valence-electron chi connectivity index (χ0n) is 16.3. The van der Waals surface area contributed by atoms with E-state index in [4.69, 9.17) is 9.47 Å². The predicted molar refractivity (Wildman–Crippen MR) is 107 cm³/mol. The monoisotopic (exact) mass is 365 g/mol. The molecule has 2 heterocycles. The molecule has 1 unspecified atom stereocenters. The highest BCUT2D eigenvalue weighted by atomic mass is 16.5. The summed E-state index contributed by atoms with van der Waals surface area (Å²) in [5.41, 5.74) is 4.65. The Morgan fingerprint density at radius 2 is 1.89 bits per heavy atom. The third kappa shape index (κ3) is 4.22. The van der Waals surface area contributed by atoms with Crippen molar-refractivity contribution in [2.75, 3.05) is 6.61 Å². The fourth-order valence-electron chi connectivity index (χ4n) is 3.35. The van der Waals surface area contributed by atoms with Crippen molar-refractivity contribution >= 4 is 11.5 Å². The van der Waals surface area contributed by atoms with Crippen molar-refractivity contribution in [3.8, 4) is 0 Å². The van der Waals surface area contributed by atoms with E-state index in [1.807, 2.05) is 56.4 Å². The highest BCUT2D eigenvalue weighted by Gasteiger charge is 2.22. The topological polar surface area (TPSA) is 39.9 Å². The molecule has 0 radical (unpaired) electrons. The molecule has 0 aliphatic heterocycles. The second-order valence-corrected chi connectivity index (χ2v) is 6.70. The van der Waals surface area contributed by atoms with E-state index in [0.29, 0.717) is 18.8 Å². The highest BCUT2D eigenvalue weighted by Crippen LogP contribution is 2.30. The van der Waals surface area contributed by atoms with E-state index in [9.17, 15) is 4.79 Å². The molecule has 3 aromatic rings. The van der Waals surface area contributed by atoms with Crippen LogP contribution in [0.15, 0.2) is 54.7 Å². The molecule has 0 aliphatic rings. The number of nitrogens with zero attached hydrogens (tertiary/aromatic N) is 1. The molecule has 1 aromatic carbocycles. The Morgan fingerprint density at radius 3 is 2.59 bits per heavy atom. The van der Waals surface area contributed by atoms with Gasteiger partial charge in [-0.2, -0.15) is 0 Å². The van der Waals surface area contributed by atoms with Gasteiger partial charge in [-0.25, -0.2) is 4.79 Å². The van der Waals surface area contributed by atoms with Crippen molar-refractivity contribution < 1.29 is 14.3 Å². The molecule has 0 saturated heterocycles. The zero-order valence-corrected chi connectivity index (χ0v) is 16.3. The van der Waals surface area contributed by atoms with Gasteiger partial charge in [0.25, 0.3) is 0 Å². The van der Waals surface area contributed by atoms with Gasteiger partial charge in [-0.1, -0.05) is 44.2 Å². The fourth-order valence-corrected chi connectivity index (χ4v) is 3.35. The van der Waals surface area contributed by atoms with Gasteiger partial charge >= 0.3 is 5.97 Å². The van der Waals surface area contributed by atoms with Crippen LogP contribution in [0.3, 0.4) is 0 Å². The molecule has 0 spiro atoms. The average molecular weight is 365 g/mol. The summed E-state index contributed by atoms with van der Waals surface area (Å²) in [5.74, 6) is -0.266. The number of rotatable bonds is 8. The largest absolute Gasteiger partial charge is 0.462 e. The van der Waals surface area contributed by atoms with E-state index in [-0.39, 0.29) is 12.1 Å². The summed E-state index contributed by atoms with van der Waals surface area (Å²) in [7, 11) is 0. The molecule has 1 atom stereocenters. The van der Waals surface area contributed by atoms with Crippen LogP contribution in [0.4, 0.5) is 0 Å². The molecule has 0 aliphatic carbocycles. The van der Waals surface area contributed by atoms with Crippen LogP contribution in [0, 0.1) is 6.92 Å². The first-order valence-electron chi connectivity index (χ1n) is 9.58. The van der Waals surface area contributed by atoms with Crippen LogP contribution in [0.2, 0.25) is 0 Å². The van der Waals surface area contributed by atoms with E-state index >= 15 is 0 Å². The van der Waals surface area contributed by atoms with Gasteiger partial charge in [0.1, 0.15) is 0 Å². The number of fused-ring (bicyclic) bond motifs is 1. The standard InChI is InChI=1S/C23H27NO3/c1-4-14-26-23(25)20-15-19-12-9-13-24(19)22(17(20)3)21(5-2)27-16-18-10-7-6-8-11-18/h6-13,15,21H,4-5,14,16H2,1-3H3. The summed E-state index contributed by atoms with van der Waals surface area (Å²) >= 11 is 0. The lowest BCUT2D eigenvalue weighted by Gasteiger charge is -2.22. The smallest absolute Gasteiger partial charge is 0.338 e. The minimum atomic E-state index is -0.266. The molecule has 0 amide bonds. The Morgan fingerprint density at radius 1 is 1.11 bits per heavy atom. The van der Waals surface area contributed by atoms with Gasteiger partial charge in [-0.15, -0.1) is 0 Å². The van der Waals surface area contributed by atoms with Crippen molar-refractivity contribution in [3.05, 3.63) is 77.1 Å². The molecule has 0 saturated carbocycles. The lowest BCUT2D eigenvalue weighted by atomic mass is 10.0. The maximum atomic E-state index is 12.6. The molecule has 2 aromatic heterocycles. The Labute approximate surface area is 160 Å². The number of carbonyl (C=O) groups is 1. The first-order valence-corrected chi connectivity index (χ1v) is 9.58. The minimum absolute atomic E-state index is 0.112. The highest BCUT2D eigenvalue weighted by molar-refractivity contribution is 5.92. The van der Waals surface area contributed by atoms with Crippen molar-refractivity contribution in [2.45, 2.75) is 46.3 Å². The molecular weight excluding hydrogens is 338 g/mol. The number of benzene rings is 1. The van der Waals surface area contributed by atoms with E-state index < -0.39 is 0 Å². The maximum Gasteiger partial charge on any atom is 0.338 e. The van der Waals surface area contributed by atoms with E-state index in [1.165, 1.54) is 0 Å². The first-order chi connectivity index (χ1) is 13.2. The summed E-state index contributed by atoms with van der Waals surface area (Å²) in [6.45, 7) is 7.04. The van der Waals surface area contributed by atoms with E-state index in [2.05, 4.69) is 23.5 Å². The summed E-state index contributed by atoms with van der Waals surface area (Å²) < 4.78 is 13.8. The third-order valence-corrected chi connectivity index (χ3v) is 4.75. The first kappa shape index (κ1) is 19.2. The number of esters is 1. The van der Waals surface area contributed by atoms with Crippen LogP contribution in [-0.2, 0) is 16.1 Å². The third-order valence-electron chi connectivity index (χ3n) is 4.75. The molecule has 0 fully saturated rings. The van der Waals surface area contributed by atoms with Crippen LogP contribution < -0.4 is 0 Å². The van der Waals surface area contributed by atoms with Crippen LogP contribution in [0.5, 0.6) is 0 Å². The average Bonchev–Trinajstić information content (AvgIpc) is 3.16. The van der Waals surface area contributed by atoms with Crippen LogP contribution in [0.1, 0.15) is 60.0 Å². The SMILES string of the molecule is CCCOC(=O)c1cc2cccn2c(C(CC)OCc2ccccc2)c1C. The van der Waals surface area contributed by atoms with Crippen molar-refractivity contribution in [2.24, 2.45) is 0 Å². The Hall–Kier alpha value is -2.59.